The molecule has 0 fully saturated rings. The van der Waals surface area contributed by atoms with E-state index in [1.54, 1.807) is 19.2 Å². The molecule has 0 saturated heterocycles. The lowest BCUT2D eigenvalue weighted by atomic mass is 10.1. The molecule has 0 saturated carbocycles. The van der Waals surface area contributed by atoms with Gasteiger partial charge in [0, 0.05) is 24.4 Å². The van der Waals surface area contributed by atoms with E-state index >= 15 is 0 Å². The molecule has 1 unspecified atom stereocenters. The number of phenolic OH excluding ortho intramolecular Hbond substituents is 1. The molecule has 0 spiro atoms. The number of phenols is 1. The summed E-state index contributed by atoms with van der Waals surface area (Å²) < 4.78 is 5.19. The SMILES string of the molecule is COCc1ccccc1NC(C)c1cccc(O)c1. The van der Waals surface area contributed by atoms with Gasteiger partial charge in [0.15, 0.2) is 0 Å². The topological polar surface area (TPSA) is 41.5 Å². The number of aromatic hydroxyl groups is 1. The Morgan fingerprint density at radius 2 is 1.95 bits per heavy atom. The largest absolute Gasteiger partial charge is 0.508 e. The molecule has 3 nitrogen and oxygen atoms in total. The molecular formula is C16H19NO2. The van der Waals surface area contributed by atoms with Gasteiger partial charge >= 0.3 is 0 Å². The highest BCUT2D eigenvalue weighted by molar-refractivity contribution is 5.52. The first-order valence-corrected chi connectivity index (χ1v) is 6.33. The summed E-state index contributed by atoms with van der Waals surface area (Å²) in [6, 6.07) is 15.5. The van der Waals surface area contributed by atoms with Crippen LogP contribution in [0.15, 0.2) is 48.5 Å². The third kappa shape index (κ3) is 3.48. The van der Waals surface area contributed by atoms with Crippen LogP contribution in [-0.2, 0) is 11.3 Å². The van der Waals surface area contributed by atoms with Gasteiger partial charge in [-0.2, -0.15) is 0 Å². The molecule has 0 aromatic heterocycles. The highest BCUT2D eigenvalue weighted by Gasteiger charge is 2.08. The molecule has 0 aliphatic heterocycles. The zero-order chi connectivity index (χ0) is 13.7. The molecule has 0 aliphatic carbocycles. The minimum absolute atomic E-state index is 0.116. The zero-order valence-electron chi connectivity index (χ0n) is 11.3. The molecule has 2 rings (SSSR count). The fourth-order valence-corrected chi connectivity index (χ4v) is 2.05. The molecule has 0 bridgehead atoms. The highest BCUT2D eigenvalue weighted by Crippen LogP contribution is 2.24. The van der Waals surface area contributed by atoms with Crippen molar-refractivity contribution < 1.29 is 9.84 Å². The lowest BCUT2D eigenvalue weighted by Crippen LogP contribution is -2.08. The fraction of sp³-hybridized carbons (Fsp3) is 0.250. The maximum Gasteiger partial charge on any atom is 0.115 e. The highest BCUT2D eigenvalue weighted by atomic mass is 16.5. The average molecular weight is 257 g/mol. The Morgan fingerprint density at radius 3 is 2.68 bits per heavy atom. The van der Waals surface area contributed by atoms with Crippen molar-refractivity contribution in [1.82, 2.24) is 0 Å². The summed E-state index contributed by atoms with van der Waals surface area (Å²) in [5.74, 6) is 0.288. The first-order valence-electron chi connectivity index (χ1n) is 6.33. The first-order chi connectivity index (χ1) is 9.20. The summed E-state index contributed by atoms with van der Waals surface area (Å²) in [5, 5.41) is 13.0. The number of methoxy groups -OCH3 is 1. The van der Waals surface area contributed by atoms with Crippen molar-refractivity contribution in [1.29, 1.82) is 0 Å². The van der Waals surface area contributed by atoms with Gasteiger partial charge in [-0.15, -0.1) is 0 Å². The molecule has 1 atom stereocenters. The number of nitrogens with one attached hydrogen (secondary N) is 1. The molecule has 0 radical (unpaired) electrons. The standard InChI is InChI=1S/C16H19NO2/c1-12(13-7-5-8-15(18)10-13)17-16-9-4-3-6-14(16)11-19-2/h3-10,12,17-18H,11H2,1-2H3. The third-order valence-electron chi connectivity index (χ3n) is 3.06. The predicted molar refractivity (Wildman–Crippen MR) is 77.3 cm³/mol. The Labute approximate surface area is 113 Å². The van der Waals surface area contributed by atoms with Crippen LogP contribution in [0.5, 0.6) is 5.75 Å². The van der Waals surface area contributed by atoms with E-state index in [0.29, 0.717) is 6.61 Å². The van der Waals surface area contributed by atoms with Crippen molar-refractivity contribution >= 4 is 5.69 Å². The summed E-state index contributed by atoms with van der Waals surface area (Å²) in [6.07, 6.45) is 0. The van der Waals surface area contributed by atoms with E-state index in [4.69, 9.17) is 4.74 Å². The maximum atomic E-state index is 9.52. The molecule has 19 heavy (non-hydrogen) atoms. The number of ether oxygens (including phenoxy) is 1. The van der Waals surface area contributed by atoms with E-state index in [0.717, 1.165) is 16.8 Å². The van der Waals surface area contributed by atoms with Crippen LogP contribution in [0.3, 0.4) is 0 Å². The summed E-state index contributed by atoms with van der Waals surface area (Å²) in [4.78, 5) is 0. The average Bonchev–Trinajstić information content (AvgIpc) is 2.41. The summed E-state index contributed by atoms with van der Waals surface area (Å²) in [7, 11) is 1.69. The van der Waals surface area contributed by atoms with Crippen LogP contribution in [0.25, 0.3) is 0 Å². The van der Waals surface area contributed by atoms with Crippen LogP contribution in [0.1, 0.15) is 24.1 Å². The second-order valence-electron chi connectivity index (χ2n) is 4.55. The maximum absolute atomic E-state index is 9.52. The van der Waals surface area contributed by atoms with Gasteiger partial charge in [-0.3, -0.25) is 0 Å². The molecule has 0 heterocycles. The lowest BCUT2D eigenvalue weighted by Gasteiger charge is -2.18. The van der Waals surface area contributed by atoms with Crippen LogP contribution in [-0.4, -0.2) is 12.2 Å². The van der Waals surface area contributed by atoms with E-state index in [1.165, 1.54) is 0 Å². The molecule has 0 aliphatic rings. The monoisotopic (exact) mass is 257 g/mol. The normalized spacial score (nSPS) is 12.1. The van der Waals surface area contributed by atoms with Gasteiger partial charge in [0.2, 0.25) is 0 Å². The number of anilines is 1. The number of benzene rings is 2. The molecule has 100 valence electrons. The number of para-hydroxylation sites is 1. The van der Waals surface area contributed by atoms with Crippen LogP contribution < -0.4 is 5.32 Å². The molecule has 2 aromatic carbocycles. The Kier molecular flexibility index (Phi) is 4.42. The van der Waals surface area contributed by atoms with Crippen molar-refractivity contribution in [2.75, 3.05) is 12.4 Å². The molecule has 2 N–H and O–H groups in total. The van der Waals surface area contributed by atoms with Crippen LogP contribution in [0.2, 0.25) is 0 Å². The van der Waals surface area contributed by atoms with Gasteiger partial charge in [0.25, 0.3) is 0 Å². The van der Waals surface area contributed by atoms with Crippen molar-refractivity contribution in [2.45, 2.75) is 19.6 Å². The van der Waals surface area contributed by atoms with E-state index < -0.39 is 0 Å². The third-order valence-corrected chi connectivity index (χ3v) is 3.06. The summed E-state index contributed by atoms with van der Waals surface area (Å²) in [5.41, 5.74) is 3.23. The summed E-state index contributed by atoms with van der Waals surface area (Å²) >= 11 is 0. The Balaban J connectivity index is 2.16. The van der Waals surface area contributed by atoms with Crippen LogP contribution >= 0.6 is 0 Å². The Bertz CT molecular complexity index is 540. The van der Waals surface area contributed by atoms with E-state index in [-0.39, 0.29) is 11.8 Å². The first kappa shape index (κ1) is 13.4. The quantitative estimate of drug-likeness (QED) is 0.858. The van der Waals surface area contributed by atoms with Crippen molar-refractivity contribution in [2.24, 2.45) is 0 Å². The zero-order valence-corrected chi connectivity index (χ0v) is 11.3. The minimum atomic E-state index is 0.116. The lowest BCUT2D eigenvalue weighted by molar-refractivity contribution is 0.185. The molecule has 3 heteroatoms. The van der Waals surface area contributed by atoms with Crippen molar-refractivity contribution in [3.63, 3.8) is 0 Å². The van der Waals surface area contributed by atoms with Crippen LogP contribution in [0, 0.1) is 0 Å². The van der Waals surface area contributed by atoms with Crippen molar-refractivity contribution in [3.05, 3.63) is 59.7 Å². The summed E-state index contributed by atoms with van der Waals surface area (Å²) in [6.45, 7) is 2.65. The van der Waals surface area contributed by atoms with Gasteiger partial charge in [0.05, 0.1) is 6.61 Å². The van der Waals surface area contributed by atoms with Gasteiger partial charge in [-0.25, -0.2) is 0 Å². The second kappa shape index (κ2) is 6.25. The Hall–Kier alpha value is -2.00. The molecule has 2 aromatic rings. The van der Waals surface area contributed by atoms with Gasteiger partial charge in [-0.1, -0.05) is 30.3 Å². The predicted octanol–water partition coefficient (Wildman–Crippen LogP) is 3.71. The van der Waals surface area contributed by atoms with Gasteiger partial charge in [0.1, 0.15) is 5.75 Å². The van der Waals surface area contributed by atoms with Crippen molar-refractivity contribution in [3.8, 4) is 5.75 Å². The molecular weight excluding hydrogens is 238 g/mol. The molecule has 0 amide bonds. The van der Waals surface area contributed by atoms with E-state index in [2.05, 4.69) is 12.2 Å². The van der Waals surface area contributed by atoms with E-state index in [9.17, 15) is 5.11 Å². The number of hydrogen-bond acceptors (Lipinski definition) is 3. The minimum Gasteiger partial charge on any atom is -0.508 e. The smallest absolute Gasteiger partial charge is 0.115 e. The van der Waals surface area contributed by atoms with Crippen LogP contribution in [0.4, 0.5) is 5.69 Å². The Morgan fingerprint density at radius 1 is 1.16 bits per heavy atom. The van der Waals surface area contributed by atoms with Gasteiger partial charge in [-0.05, 0) is 30.7 Å². The van der Waals surface area contributed by atoms with E-state index in [1.807, 2.05) is 36.4 Å². The second-order valence-corrected chi connectivity index (χ2v) is 4.55. The number of hydrogen-bond donors (Lipinski definition) is 2. The fourth-order valence-electron chi connectivity index (χ4n) is 2.05. The number of rotatable bonds is 5. The van der Waals surface area contributed by atoms with Gasteiger partial charge < -0.3 is 15.2 Å².